The molecule has 23 heavy (non-hydrogen) atoms. The van der Waals surface area contributed by atoms with Crippen LogP contribution in [0.5, 0.6) is 0 Å². The number of cyclic esters (lactones) is 1. The average Bonchev–Trinajstić information content (AvgIpc) is 2.85. The Kier molecular flexibility index (Phi) is 5.34. The van der Waals surface area contributed by atoms with E-state index in [1.807, 2.05) is 24.3 Å². The summed E-state index contributed by atoms with van der Waals surface area (Å²) in [5, 5.41) is 11.8. The third-order valence-electron chi connectivity index (χ3n) is 4.13. The van der Waals surface area contributed by atoms with E-state index in [1.165, 1.54) is 0 Å². The van der Waals surface area contributed by atoms with Crippen molar-refractivity contribution in [2.75, 3.05) is 0 Å². The number of rotatable bonds is 4. The second-order valence-electron chi connectivity index (χ2n) is 6.94. The van der Waals surface area contributed by atoms with Crippen LogP contribution in [0.4, 0.5) is 4.79 Å². The molecule has 1 saturated heterocycles. The molecule has 0 aromatic heterocycles. The van der Waals surface area contributed by atoms with Crippen LogP contribution in [0.15, 0.2) is 28.7 Å². The molecule has 0 bridgehead atoms. The number of halogens is 1. The molecular formula is C17H22BrNO4. The van der Waals surface area contributed by atoms with Crippen LogP contribution in [0.25, 0.3) is 0 Å². The number of nitrogens with one attached hydrogen (secondary N) is 1. The van der Waals surface area contributed by atoms with Crippen molar-refractivity contribution < 1.29 is 19.4 Å². The molecule has 3 atom stereocenters. The van der Waals surface area contributed by atoms with Crippen LogP contribution in [0.3, 0.4) is 0 Å². The maximum atomic E-state index is 11.5. The highest BCUT2D eigenvalue weighted by molar-refractivity contribution is 9.10. The van der Waals surface area contributed by atoms with Crippen molar-refractivity contribution in [1.29, 1.82) is 0 Å². The SMILES string of the molecule is CC(C)(C)[C@@H](c1ccc(Br)cc1)C(NC(=O)O)[C@@H]1CCC(=O)O1. The quantitative estimate of drug-likeness (QED) is 0.772. The second kappa shape index (κ2) is 6.91. The van der Waals surface area contributed by atoms with Crippen molar-refractivity contribution in [3.8, 4) is 0 Å². The summed E-state index contributed by atoms with van der Waals surface area (Å²) in [6, 6.07) is 7.35. The molecule has 1 heterocycles. The van der Waals surface area contributed by atoms with Gasteiger partial charge in [-0.3, -0.25) is 4.79 Å². The Hall–Kier alpha value is -1.56. The molecule has 0 spiro atoms. The standard InChI is InChI=1S/C17H22BrNO4/c1-17(2,3)14(10-4-6-11(18)7-5-10)15(19-16(21)22)12-8-9-13(20)23-12/h4-7,12,14-15,19H,8-9H2,1-3H3,(H,21,22)/t12-,14-,15?/m0/s1. The summed E-state index contributed by atoms with van der Waals surface area (Å²) in [6.07, 6.45) is -0.678. The third-order valence-corrected chi connectivity index (χ3v) is 4.66. The first kappa shape index (κ1) is 17.8. The molecule has 6 heteroatoms. The van der Waals surface area contributed by atoms with E-state index in [4.69, 9.17) is 4.74 Å². The van der Waals surface area contributed by atoms with Gasteiger partial charge in [0.25, 0.3) is 0 Å². The first-order valence-corrected chi connectivity index (χ1v) is 8.42. The Morgan fingerprint density at radius 1 is 1.35 bits per heavy atom. The van der Waals surface area contributed by atoms with Gasteiger partial charge >= 0.3 is 12.1 Å². The summed E-state index contributed by atoms with van der Waals surface area (Å²) < 4.78 is 6.33. The Labute approximate surface area is 144 Å². The molecule has 1 fully saturated rings. The molecule has 2 rings (SSSR count). The highest BCUT2D eigenvalue weighted by Crippen LogP contribution is 2.41. The summed E-state index contributed by atoms with van der Waals surface area (Å²) in [5.74, 6) is -0.391. The van der Waals surface area contributed by atoms with Gasteiger partial charge in [0.1, 0.15) is 6.10 Å². The van der Waals surface area contributed by atoms with Gasteiger partial charge in [-0.25, -0.2) is 4.79 Å². The van der Waals surface area contributed by atoms with Crippen LogP contribution in [-0.4, -0.2) is 29.3 Å². The molecule has 1 aromatic rings. The van der Waals surface area contributed by atoms with Crippen molar-refractivity contribution in [3.63, 3.8) is 0 Å². The van der Waals surface area contributed by atoms with Crippen LogP contribution < -0.4 is 5.32 Å². The van der Waals surface area contributed by atoms with E-state index in [-0.39, 0.29) is 17.3 Å². The van der Waals surface area contributed by atoms with Gasteiger partial charge in [-0.1, -0.05) is 48.8 Å². The number of hydrogen-bond donors (Lipinski definition) is 2. The molecule has 1 unspecified atom stereocenters. The largest absolute Gasteiger partial charge is 0.465 e. The Morgan fingerprint density at radius 3 is 2.39 bits per heavy atom. The number of carbonyl (C=O) groups is 2. The average molecular weight is 384 g/mol. The summed E-state index contributed by atoms with van der Waals surface area (Å²) in [6.45, 7) is 6.19. The number of amides is 1. The number of hydrogen-bond acceptors (Lipinski definition) is 3. The molecule has 126 valence electrons. The summed E-state index contributed by atoms with van der Waals surface area (Å²) >= 11 is 3.42. The van der Waals surface area contributed by atoms with E-state index < -0.39 is 18.2 Å². The van der Waals surface area contributed by atoms with Gasteiger partial charge in [-0.05, 0) is 29.5 Å². The molecule has 1 aliphatic rings. The van der Waals surface area contributed by atoms with E-state index in [0.717, 1.165) is 10.0 Å². The molecule has 0 saturated carbocycles. The maximum Gasteiger partial charge on any atom is 0.405 e. The molecular weight excluding hydrogens is 362 g/mol. The van der Waals surface area contributed by atoms with Gasteiger partial charge in [0, 0.05) is 16.8 Å². The van der Waals surface area contributed by atoms with Crippen molar-refractivity contribution in [2.45, 2.75) is 51.7 Å². The zero-order valence-electron chi connectivity index (χ0n) is 13.5. The minimum Gasteiger partial charge on any atom is -0.465 e. The number of carboxylic acid groups (broad SMARTS) is 1. The lowest BCUT2D eigenvalue weighted by molar-refractivity contribution is -0.142. The molecule has 2 N–H and O–H groups in total. The van der Waals surface area contributed by atoms with Crippen LogP contribution >= 0.6 is 15.9 Å². The molecule has 0 aliphatic carbocycles. The topological polar surface area (TPSA) is 75.6 Å². The number of benzene rings is 1. The second-order valence-corrected chi connectivity index (χ2v) is 7.85. The van der Waals surface area contributed by atoms with E-state index in [2.05, 4.69) is 42.0 Å². The summed E-state index contributed by atoms with van der Waals surface area (Å²) in [5.41, 5.74) is 0.804. The smallest absolute Gasteiger partial charge is 0.405 e. The predicted octanol–water partition coefficient (Wildman–Crippen LogP) is 3.92. The maximum absolute atomic E-state index is 11.5. The predicted molar refractivity (Wildman–Crippen MR) is 90.4 cm³/mol. The number of ether oxygens (including phenoxy) is 1. The Balaban J connectivity index is 2.41. The van der Waals surface area contributed by atoms with Crippen molar-refractivity contribution in [2.24, 2.45) is 5.41 Å². The van der Waals surface area contributed by atoms with Crippen LogP contribution in [0.1, 0.15) is 45.1 Å². The van der Waals surface area contributed by atoms with Crippen molar-refractivity contribution >= 4 is 28.0 Å². The van der Waals surface area contributed by atoms with Gasteiger partial charge in [-0.2, -0.15) is 0 Å². The lowest BCUT2D eigenvalue weighted by Gasteiger charge is -2.39. The normalized spacial score (nSPS) is 20.7. The van der Waals surface area contributed by atoms with Gasteiger partial charge in [0.2, 0.25) is 0 Å². The minimum atomic E-state index is -1.11. The van der Waals surface area contributed by atoms with E-state index in [9.17, 15) is 14.7 Å². The first-order valence-electron chi connectivity index (χ1n) is 7.63. The summed E-state index contributed by atoms with van der Waals surface area (Å²) in [7, 11) is 0. The third kappa shape index (κ3) is 4.47. The minimum absolute atomic E-state index is 0.123. The van der Waals surface area contributed by atoms with E-state index in [0.29, 0.717) is 12.8 Å². The zero-order chi connectivity index (χ0) is 17.2. The zero-order valence-corrected chi connectivity index (χ0v) is 15.1. The van der Waals surface area contributed by atoms with Crippen LogP contribution in [0.2, 0.25) is 0 Å². The number of carbonyl (C=O) groups excluding carboxylic acids is 1. The van der Waals surface area contributed by atoms with E-state index in [1.54, 1.807) is 0 Å². The number of esters is 1. The fourth-order valence-corrected chi connectivity index (χ4v) is 3.51. The van der Waals surface area contributed by atoms with Crippen LogP contribution in [0, 0.1) is 5.41 Å². The highest BCUT2D eigenvalue weighted by Gasteiger charge is 2.42. The monoisotopic (exact) mass is 383 g/mol. The highest BCUT2D eigenvalue weighted by atomic mass is 79.9. The van der Waals surface area contributed by atoms with E-state index >= 15 is 0 Å². The van der Waals surface area contributed by atoms with Crippen LogP contribution in [-0.2, 0) is 9.53 Å². The lowest BCUT2D eigenvalue weighted by atomic mass is 9.70. The molecule has 0 radical (unpaired) electrons. The lowest BCUT2D eigenvalue weighted by Crippen LogP contribution is -2.50. The van der Waals surface area contributed by atoms with Gasteiger partial charge in [0.15, 0.2) is 0 Å². The molecule has 1 amide bonds. The fraction of sp³-hybridized carbons (Fsp3) is 0.529. The summed E-state index contributed by atoms with van der Waals surface area (Å²) in [4.78, 5) is 22.8. The fourth-order valence-electron chi connectivity index (χ4n) is 3.25. The van der Waals surface area contributed by atoms with Gasteiger partial charge < -0.3 is 15.2 Å². The molecule has 5 nitrogen and oxygen atoms in total. The first-order chi connectivity index (χ1) is 10.7. The Bertz CT molecular complexity index is 579. The van der Waals surface area contributed by atoms with Gasteiger partial charge in [-0.15, -0.1) is 0 Å². The Morgan fingerprint density at radius 2 is 1.96 bits per heavy atom. The molecule has 1 aromatic carbocycles. The van der Waals surface area contributed by atoms with Crippen molar-refractivity contribution in [3.05, 3.63) is 34.3 Å². The van der Waals surface area contributed by atoms with Crippen molar-refractivity contribution in [1.82, 2.24) is 5.32 Å². The molecule has 1 aliphatic heterocycles. The van der Waals surface area contributed by atoms with Gasteiger partial charge in [0.05, 0.1) is 6.04 Å².